The summed E-state index contributed by atoms with van der Waals surface area (Å²) in [5, 5.41) is 0. The minimum Gasteiger partial charge on any atom is -0.360 e. The molecule has 0 fully saturated rings. The molecular weight excluding hydrogens is 416 g/mol. The first-order valence-corrected chi connectivity index (χ1v) is 11.5. The molecule has 2 heteroatoms. The van der Waals surface area contributed by atoms with E-state index in [9.17, 15) is 0 Å². The fourth-order valence-electron chi connectivity index (χ4n) is 4.24. The van der Waals surface area contributed by atoms with E-state index in [1.54, 1.807) is 6.08 Å². The summed E-state index contributed by atoms with van der Waals surface area (Å²) in [6, 6.07) is 41.1. The first-order valence-electron chi connectivity index (χ1n) is 11.5. The molecule has 0 radical (unpaired) electrons. The molecule has 2 nitrogen and oxygen atoms in total. The number of rotatable bonds is 11. The predicted octanol–water partition coefficient (Wildman–Crippen LogP) is 7.49. The number of hydrogen-bond acceptors (Lipinski definition) is 2. The van der Waals surface area contributed by atoms with Gasteiger partial charge in [-0.15, -0.1) is 13.2 Å². The molecule has 0 heterocycles. The summed E-state index contributed by atoms with van der Waals surface area (Å²) < 4.78 is 13.3. The molecule has 2 unspecified atom stereocenters. The molecule has 4 aromatic rings. The highest BCUT2D eigenvalue weighted by molar-refractivity contribution is 5.47. The molecule has 0 aliphatic carbocycles. The summed E-state index contributed by atoms with van der Waals surface area (Å²) in [5.74, 6) is 0. The van der Waals surface area contributed by atoms with Gasteiger partial charge in [0.15, 0.2) is 0 Å². The molecule has 0 saturated carbocycles. The van der Waals surface area contributed by atoms with E-state index in [2.05, 4.69) is 49.6 Å². The van der Waals surface area contributed by atoms with E-state index >= 15 is 0 Å². The van der Waals surface area contributed by atoms with Crippen LogP contribution in [0.5, 0.6) is 0 Å². The third kappa shape index (κ3) is 5.09. The second kappa shape index (κ2) is 11.4. The molecule has 0 aliphatic rings. The standard InChI is InChI=1S/C32H30O2/c1-3-30(34-31(4-2)26-17-9-5-10-18-26)25-33-32(27-19-11-6-12-20-27,28-21-13-7-14-22-28)29-23-15-8-16-24-29/h3-24,30-31H,1-2,25H2. The molecule has 2 atom stereocenters. The zero-order valence-electron chi connectivity index (χ0n) is 19.3. The van der Waals surface area contributed by atoms with E-state index in [1.165, 1.54) is 0 Å². The molecule has 34 heavy (non-hydrogen) atoms. The molecule has 4 aromatic carbocycles. The lowest BCUT2D eigenvalue weighted by atomic mass is 9.80. The van der Waals surface area contributed by atoms with Crippen LogP contribution in [0.3, 0.4) is 0 Å². The van der Waals surface area contributed by atoms with Crippen LogP contribution < -0.4 is 0 Å². The largest absolute Gasteiger partial charge is 0.360 e. The van der Waals surface area contributed by atoms with Gasteiger partial charge in [-0.25, -0.2) is 0 Å². The van der Waals surface area contributed by atoms with Crippen molar-refractivity contribution in [1.82, 2.24) is 0 Å². The van der Waals surface area contributed by atoms with E-state index in [1.807, 2.05) is 91.0 Å². The second-order valence-electron chi connectivity index (χ2n) is 8.07. The Morgan fingerprint density at radius 3 is 1.38 bits per heavy atom. The summed E-state index contributed by atoms with van der Waals surface area (Å²) in [6.07, 6.45) is 3.02. The lowest BCUT2D eigenvalue weighted by Gasteiger charge is -2.37. The molecule has 4 rings (SSSR count). The van der Waals surface area contributed by atoms with Crippen LogP contribution in [0.1, 0.15) is 28.4 Å². The van der Waals surface area contributed by atoms with Crippen molar-refractivity contribution in [2.24, 2.45) is 0 Å². The Balaban J connectivity index is 1.71. The first-order chi connectivity index (χ1) is 16.8. The maximum Gasteiger partial charge on any atom is 0.143 e. The highest BCUT2D eigenvalue weighted by Crippen LogP contribution is 2.40. The van der Waals surface area contributed by atoms with Crippen molar-refractivity contribution in [3.05, 3.63) is 169 Å². The van der Waals surface area contributed by atoms with E-state index in [4.69, 9.17) is 9.47 Å². The summed E-state index contributed by atoms with van der Waals surface area (Å²) >= 11 is 0. The Morgan fingerprint density at radius 1 is 0.588 bits per heavy atom. The Kier molecular flexibility index (Phi) is 7.87. The third-order valence-corrected chi connectivity index (χ3v) is 5.93. The molecule has 0 bridgehead atoms. The summed E-state index contributed by atoms with van der Waals surface area (Å²) in [7, 11) is 0. The molecule has 0 saturated heterocycles. The topological polar surface area (TPSA) is 18.5 Å². The van der Waals surface area contributed by atoms with Gasteiger partial charge in [0.05, 0.1) is 12.7 Å². The fourth-order valence-corrected chi connectivity index (χ4v) is 4.24. The fraction of sp³-hybridized carbons (Fsp3) is 0.125. The minimum absolute atomic E-state index is 0.257. The van der Waals surface area contributed by atoms with E-state index in [0.29, 0.717) is 6.61 Å². The lowest BCUT2D eigenvalue weighted by Crippen LogP contribution is -2.36. The van der Waals surface area contributed by atoms with Crippen LogP contribution >= 0.6 is 0 Å². The van der Waals surface area contributed by atoms with Gasteiger partial charge in [-0.1, -0.05) is 133 Å². The van der Waals surface area contributed by atoms with Crippen LogP contribution in [0.25, 0.3) is 0 Å². The van der Waals surface area contributed by atoms with E-state index < -0.39 is 5.60 Å². The Hall–Kier alpha value is -3.72. The highest BCUT2D eigenvalue weighted by atomic mass is 16.5. The van der Waals surface area contributed by atoms with Crippen LogP contribution in [0, 0.1) is 0 Å². The Labute approximate surface area is 202 Å². The van der Waals surface area contributed by atoms with Crippen LogP contribution in [0.4, 0.5) is 0 Å². The molecule has 0 aliphatic heterocycles. The van der Waals surface area contributed by atoms with Crippen molar-refractivity contribution in [3.8, 4) is 0 Å². The number of hydrogen-bond donors (Lipinski definition) is 0. The molecule has 0 N–H and O–H groups in total. The average Bonchev–Trinajstić information content (AvgIpc) is 2.93. The highest BCUT2D eigenvalue weighted by Gasteiger charge is 2.38. The number of ether oxygens (including phenoxy) is 2. The SMILES string of the molecule is C=CC(COC(c1ccccc1)(c1ccccc1)c1ccccc1)OC(C=C)c1ccccc1. The summed E-state index contributed by atoms with van der Waals surface area (Å²) in [4.78, 5) is 0. The third-order valence-electron chi connectivity index (χ3n) is 5.93. The van der Waals surface area contributed by atoms with Gasteiger partial charge < -0.3 is 9.47 Å². The van der Waals surface area contributed by atoms with Gasteiger partial charge in [0.1, 0.15) is 11.7 Å². The van der Waals surface area contributed by atoms with Crippen molar-refractivity contribution in [2.75, 3.05) is 6.61 Å². The number of benzene rings is 4. The van der Waals surface area contributed by atoms with Crippen molar-refractivity contribution < 1.29 is 9.47 Å². The van der Waals surface area contributed by atoms with Gasteiger partial charge in [-0.05, 0) is 22.3 Å². The predicted molar refractivity (Wildman–Crippen MR) is 140 cm³/mol. The molecule has 0 amide bonds. The molecular formula is C32H30O2. The van der Waals surface area contributed by atoms with Crippen molar-refractivity contribution in [2.45, 2.75) is 17.8 Å². The normalized spacial score (nSPS) is 13.1. The van der Waals surface area contributed by atoms with Crippen LogP contribution in [0.2, 0.25) is 0 Å². The lowest BCUT2D eigenvalue weighted by molar-refractivity contribution is -0.0624. The molecule has 0 spiro atoms. The van der Waals surface area contributed by atoms with E-state index in [0.717, 1.165) is 22.3 Å². The van der Waals surface area contributed by atoms with Gasteiger partial charge >= 0.3 is 0 Å². The summed E-state index contributed by atoms with van der Waals surface area (Å²) in [6.45, 7) is 8.32. The smallest absolute Gasteiger partial charge is 0.143 e. The van der Waals surface area contributed by atoms with E-state index in [-0.39, 0.29) is 12.2 Å². The zero-order valence-corrected chi connectivity index (χ0v) is 19.3. The summed E-state index contributed by atoms with van der Waals surface area (Å²) in [5.41, 5.74) is 3.41. The van der Waals surface area contributed by atoms with Gasteiger partial charge in [0.25, 0.3) is 0 Å². The quantitative estimate of drug-likeness (QED) is 0.175. The Morgan fingerprint density at radius 2 is 1.00 bits per heavy atom. The van der Waals surface area contributed by atoms with Crippen LogP contribution in [-0.4, -0.2) is 12.7 Å². The monoisotopic (exact) mass is 446 g/mol. The van der Waals surface area contributed by atoms with Crippen molar-refractivity contribution >= 4 is 0 Å². The van der Waals surface area contributed by atoms with Crippen molar-refractivity contribution in [1.29, 1.82) is 0 Å². The van der Waals surface area contributed by atoms with Crippen molar-refractivity contribution in [3.63, 3.8) is 0 Å². The molecule has 170 valence electrons. The van der Waals surface area contributed by atoms with Crippen LogP contribution in [-0.2, 0) is 15.1 Å². The second-order valence-corrected chi connectivity index (χ2v) is 8.07. The maximum absolute atomic E-state index is 6.89. The molecule has 0 aromatic heterocycles. The van der Waals surface area contributed by atoms with Gasteiger partial charge in [-0.3, -0.25) is 0 Å². The minimum atomic E-state index is -0.801. The van der Waals surface area contributed by atoms with Gasteiger partial charge in [0.2, 0.25) is 0 Å². The zero-order chi connectivity index (χ0) is 23.6. The van der Waals surface area contributed by atoms with Gasteiger partial charge in [0, 0.05) is 0 Å². The van der Waals surface area contributed by atoms with Crippen LogP contribution in [0.15, 0.2) is 147 Å². The Bertz CT molecular complexity index is 1060. The average molecular weight is 447 g/mol. The van der Waals surface area contributed by atoms with Gasteiger partial charge in [-0.2, -0.15) is 0 Å². The maximum atomic E-state index is 6.89. The first kappa shape index (κ1) is 23.4.